The van der Waals surface area contributed by atoms with Crippen LogP contribution in [0.1, 0.15) is 22.8 Å². The quantitative estimate of drug-likeness (QED) is 0.471. The fraction of sp³-hybridized carbons (Fsp3) is 0.261. The van der Waals surface area contributed by atoms with Crippen molar-refractivity contribution in [2.45, 2.75) is 19.5 Å². The Hall–Kier alpha value is -2.89. The van der Waals surface area contributed by atoms with Crippen molar-refractivity contribution in [3.8, 4) is 0 Å². The van der Waals surface area contributed by atoms with E-state index in [0.29, 0.717) is 17.5 Å². The minimum atomic E-state index is -0.490. The van der Waals surface area contributed by atoms with Gasteiger partial charge in [0.2, 0.25) is 0 Å². The zero-order valence-electron chi connectivity index (χ0n) is 15.9. The number of carbonyl (C=O) groups excluding carboxylic acids is 1. The number of hydrogen-bond acceptors (Lipinski definition) is 4. The van der Waals surface area contributed by atoms with Gasteiger partial charge in [-0.1, -0.05) is 43.3 Å². The minimum absolute atomic E-state index is 0.409. The predicted octanol–water partition coefficient (Wildman–Crippen LogP) is 3.57. The highest BCUT2D eigenvalue weighted by Gasteiger charge is 2.29. The summed E-state index contributed by atoms with van der Waals surface area (Å²) >= 11 is 0. The molecule has 0 aromatic heterocycles. The number of hydrogen-bond donors (Lipinski definition) is 3. The SMILES string of the molecule is CC1CN(c2ccc(C(=O)NO)cc2)CC1NCc1ccc2ccccc2c1. The number of hydroxylamine groups is 1. The van der Waals surface area contributed by atoms with Crippen LogP contribution in [0, 0.1) is 5.92 Å². The molecule has 3 aromatic carbocycles. The van der Waals surface area contributed by atoms with Gasteiger partial charge < -0.3 is 10.2 Å². The van der Waals surface area contributed by atoms with Gasteiger partial charge in [0.05, 0.1) is 0 Å². The molecular formula is C23H25N3O2. The molecule has 1 saturated heterocycles. The fourth-order valence-corrected chi connectivity index (χ4v) is 3.93. The Morgan fingerprint density at radius 2 is 1.79 bits per heavy atom. The molecule has 0 spiro atoms. The van der Waals surface area contributed by atoms with Crippen LogP contribution in [0.3, 0.4) is 0 Å². The monoisotopic (exact) mass is 375 g/mol. The maximum Gasteiger partial charge on any atom is 0.274 e. The molecule has 1 heterocycles. The molecule has 3 aromatic rings. The maximum atomic E-state index is 11.5. The summed E-state index contributed by atoms with van der Waals surface area (Å²) in [7, 11) is 0. The van der Waals surface area contributed by atoms with Crippen molar-refractivity contribution < 1.29 is 10.0 Å². The summed E-state index contributed by atoms with van der Waals surface area (Å²) in [6.07, 6.45) is 0. The van der Waals surface area contributed by atoms with Crippen LogP contribution in [0.5, 0.6) is 0 Å². The van der Waals surface area contributed by atoms with Crippen LogP contribution in [-0.4, -0.2) is 30.2 Å². The molecule has 1 amide bonds. The highest BCUT2D eigenvalue weighted by atomic mass is 16.5. The summed E-state index contributed by atoms with van der Waals surface area (Å²) in [6, 6.07) is 22.8. The summed E-state index contributed by atoms with van der Waals surface area (Å²) in [5, 5.41) is 15.0. The van der Waals surface area contributed by atoms with Gasteiger partial charge in [-0.25, -0.2) is 5.48 Å². The lowest BCUT2D eigenvalue weighted by atomic mass is 10.0. The van der Waals surface area contributed by atoms with Crippen LogP contribution >= 0.6 is 0 Å². The summed E-state index contributed by atoms with van der Waals surface area (Å²) < 4.78 is 0. The smallest absolute Gasteiger partial charge is 0.274 e. The second kappa shape index (κ2) is 8.00. The Morgan fingerprint density at radius 3 is 2.54 bits per heavy atom. The molecule has 1 fully saturated rings. The normalized spacial score (nSPS) is 19.1. The second-order valence-corrected chi connectivity index (χ2v) is 7.54. The van der Waals surface area contributed by atoms with E-state index in [4.69, 9.17) is 5.21 Å². The topological polar surface area (TPSA) is 64.6 Å². The zero-order valence-corrected chi connectivity index (χ0v) is 15.9. The van der Waals surface area contributed by atoms with Crippen LogP contribution < -0.4 is 15.7 Å². The van der Waals surface area contributed by atoms with Gasteiger partial charge in [0, 0.05) is 36.9 Å². The Kier molecular flexibility index (Phi) is 5.28. The lowest BCUT2D eigenvalue weighted by Gasteiger charge is -2.19. The largest absolute Gasteiger partial charge is 0.370 e. The molecule has 3 N–H and O–H groups in total. The molecule has 0 bridgehead atoms. The zero-order chi connectivity index (χ0) is 19.5. The number of nitrogens with zero attached hydrogens (tertiary/aromatic N) is 1. The molecule has 2 unspecified atom stereocenters. The van der Waals surface area contributed by atoms with Crippen LogP contribution in [-0.2, 0) is 6.54 Å². The highest BCUT2D eigenvalue weighted by molar-refractivity contribution is 5.93. The van der Waals surface area contributed by atoms with E-state index in [0.717, 1.165) is 25.3 Å². The molecular weight excluding hydrogens is 350 g/mol. The first-order chi connectivity index (χ1) is 13.6. The lowest BCUT2D eigenvalue weighted by Crippen LogP contribution is -2.35. The summed E-state index contributed by atoms with van der Waals surface area (Å²) in [6.45, 7) is 5.02. The lowest BCUT2D eigenvalue weighted by molar-refractivity contribution is 0.0706. The molecule has 0 aliphatic carbocycles. The predicted molar refractivity (Wildman–Crippen MR) is 112 cm³/mol. The first-order valence-corrected chi connectivity index (χ1v) is 9.64. The number of carbonyl (C=O) groups is 1. The van der Waals surface area contributed by atoms with Crippen LogP contribution in [0.4, 0.5) is 5.69 Å². The third-order valence-electron chi connectivity index (χ3n) is 5.59. The van der Waals surface area contributed by atoms with Crippen LogP contribution in [0.2, 0.25) is 0 Å². The number of rotatable bonds is 5. The van der Waals surface area contributed by atoms with Crippen LogP contribution in [0.25, 0.3) is 10.8 Å². The van der Waals surface area contributed by atoms with Gasteiger partial charge in [0.15, 0.2) is 0 Å². The van der Waals surface area contributed by atoms with E-state index in [2.05, 4.69) is 59.6 Å². The molecule has 2 atom stereocenters. The van der Waals surface area contributed by atoms with Gasteiger partial charge >= 0.3 is 0 Å². The van der Waals surface area contributed by atoms with E-state index in [1.54, 1.807) is 17.6 Å². The van der Waals surface area contributed by atoms with Crippen LogP contribution in [0.15, 0.2) is 66.7 Å². The van der Waals surface area contributed by atoms with Gasteiger partial charge in [-0.05, 0) is 52.6 Å². The second-order valence-electron chi connectivity index (χ2n) is 7.54. The fourth-order valence-electron chi connectivity index (χ4n) is 3.93. The molecule has 28 heavy (non-hydrogen) atoms. The van der Waals surface area contributed by atoms with Gasteiger partial charge in [0.25, 0.3) is 5.91 Å². The maximum absolute atomic E-state index is 11.5. The van der Waals surface area contributed by atoms with Crippen molar-refractivity contribution in [3.63, 3.8) is 0 Å². The molecule has 5 heteroatoms. The van der Waals surface area contributed by atoms with Crippen molar-refractivity contribution in [2.75, 3.05) is 18.0 Å². The molecule has 0 radical (unpaired) electrons. The van der Waals surface area contributed by atoms with E-state index >= 15 is 0 Å². The van der Waals surface area contributed by atoms with Crippen molar-refractivity contribution in [1.82, 2.24) is 10.8 Å². The summed E-state index contributed by atoms with van der Waals surface area (Å²) in [5.41, 5.74) is 4.50. The number of anilines is 1. The number of nitrogens with one attached hydrogen (secondary N) is 2. The molecule has 0 saturated carbocycles. The number of fused-ring (bicyclic) bond motifs is 1. The van der Waals surface area contributed by atoms with E-state index in [1.807, 2.05) is 12.1 Å². The average molecular weight is 375 g/mol. The third-order valence-corrected chi connectivity index (χ3v) is 5.59. The Balaban J connectivity index is 1.39. The first kappa shape index (κ1) is 18.5. The third kappa shape index (κ3) is 3.86. The van der Waals surface area contributed by atoms with E-state index in [1.165, 1.54) is 16.3 Å². The Morgan fingerprint density at radius 1 is 1.04 bits per heavy atom. The van der Waals surface area contributed by atoms with Gasteiger partial charge in [-0.3, -0.25) is 10.0 Å². The van der Waals surface area contributed by atoms with Gasteiger partial charge in [-0.2, -0.15) is 0 Å². The minimum Gasteiger partial charge on any atom is -0.370 e. The molecule has 1 aliphatic rings. The highest BCUT2D eigenvalue weighted by Crippen LogP contribution is 2.25. The van der Waals surface area contributed by atoms with E-state index in [9.17, 15) is 4.79 Å². The van der Waals surface area contributed by atoms with E-state index in [-0.39, 0.29) is 0 Å². The van der Waals surface area contributed by atoms with Gasteiger partial charge in [-0.15, -0.1) is 0 Å². The summed E-state index contributed by atoms with van der Waals surface area (Å²) in [4.78, 5) is 13.8. The van der Waals surface area contributed by atoms with Crippen molar-refractivity contribution in [3.05, 3.63) is 77.9 Å². The standard InChI is InChI=1S/C23H25N3O2/c1-16-14-26(21-10-8-19(9-11-21)23(27)25-28)15-22(16)24-13-17-6-7-18-4-2-3-5-20(18)12-17/h2-12,16,22,24,28H,13-15H2,1H3,(H,25,27). The molecule has 4 rings (SSSR count). The van der Waals surface area contributed by atoms with Crippen molar-refractivity contribution >= 4 is 22.4 Å². The number of benzene rings is 3. The summed E-state index contributed by atoms with van der Waals surface area (Å²) in [5.74, 6) is 0.0390. The molecule has 144 valence electrons. The van der Waals surface area contributed by atoms with Crippen molar-refractivity contribution in [2.24, 2.45) is 5.92 Å². The number of amides is 1. The average Bonchev–Trinajstić information content (AvgIpc) is 3.12. The first-order valence-electron chi connectivity index (χ1n) is 9.64. The Labute approximate surface area is 164 Å². The van der Waals surface area contributed by atoms with Gasteiger partial charge in [0.1, 0.15) is 0 Å². The Bertz CT molecular complexity index is 971. The molecule has 5 nitrogen and oxygen atoms in total. The van der Waals surface area contributed by atoms with Crippen molar-refractivity contribution in [1.29, 1.82) is 0 Å². The van der Waals surface area contributed by atoms with E-state index < -0.39 is 5.91 Å². The molecule has 1 aliphatic heterocycles.